The van der Waals surface area contributed by atoms with E-state index in [1.165, 1.54) is 24.3 Å². The zero-order chi connectivity index (χ0) is 38.0. The zero-order valence-corrected chi connectivity index (χ0v) is 29.4. The van der Waals surface area contributed by atoms with Crippen LogP contribution < -0.4 is 14.2 Å². The molecule has 4 rings (SSSR count). The summed E-state index contributed by atoms with van der Waals surface area (Å²) >= 11 is 0. The molecule has 0 saturated heterocycles. The molecule has 0 aromatic heterocycles. The molecule has 0 spiro atoms. The Hall–Kier alpha value is -6.49. The van der Waals surface area contributed by atoms with Crippen molar-refractivity contribution in [3.63, 3.8) is 0 Å². The predicted octanol–water partition coefficient (Wildman–Crippen LogP) is 7.65. The number of rotatable bonds is 19. The lowest BCUT2D eigenvalue weighted by atomic mass is 10.0. The van der Waals surface area contributed by atoms with Crippen molar-refractivity contribution in [2.75, 3.05) is 26.4 Å². The molecule has 4 aromatic rings. The van der Waals surface area contributed by atoms with Crippen LogP contribution in [0.4, 0.5) is 0 Å². The minimum absolute atomic E-state index is 0.207. The van der Waals surface area contributed by atoms with E-state index in [-0.39, 0.29) is 24.5 Å². The fourth-order valence-electron chi connectivity index (χ4n) is 4.75. The lowest BCUT2D eigenvalue weighted by molar-refractivity contribution is -0.138. The first-order valence-corrected chi connectivity index (χ1v) is 16.9. The first kappa shape index (κ1) is 39.3. The number of hydrogen-bond donors (Lipinski definition) is 0. The van der Waals surface area contributed by atoms with E-state index in [4.69, 9.17) is 28.4 Å². The van der Waals surface area contributed by atoms with Gasteiger partial charge in [0.1, 0.15) is 17.2 Å². The summed E-state index contributed by atoms with van der Waals surface area (Å²) in [6.45, 7) is 9.66. The molecule has 0 heterocycles. The van der Waals surface area contributed by atoms with E-state index in [0.29, 0.717) is 61.5 Å². The van der Waals surface area contributed by atoms with Gasteiger partial charge in [0.05, 0.1) is 43.1 Å². The van der Waals surface area contributed by atoms with Crippen molar-refractivity contribution in [3.05, 3.63) is 139 Å². The molecule has 274 valence electrons. The topological polar surface area (TPSA) is 141 Å². The predicted molar refractivity (Wildman–Crippen MR) is 196 cm³/mol. The maximum Gasteiger partial charge on any atom is 0.343 e. The van der Waals surface area contributed by atoms with E-state index in [2.05, 4.69) is 13.2 Å². The quantitative estimate of drug-likeness (QED) is 0.0310. The van der Waals surface area contributed by atoms with Gasteiger partial charge in [0, 0.05) is 12.2 Å². The highest BCUT2D eigenvalue weighted by atomic mass is 16.5. The van der Waals surface area contributed by atoms with Crippen LogP contribution in [0, 0.1) is 6.92 Å². The molecule has 0 bridgehead atoms. The van der Waals surface area contributed by atoms with Gasteiger partial charge in [0.2, 0.25) is 0 Å². The number of hydrogen-bond acceptors (Lipinski definition) is 11. The van der Waals surface area contributed by atoms with Gasteiger partial charge in [-0.25, -0.2) is 24.0 Å². The molecular formula is C42H40O11. The molecule has 0 aliphatic heterocycles. The average Bonchev–Trinajstić information content (AvgIpc) is 3.18. The fraction of sp³-hybridized carbons (Fsp3) is 0.214. The average molecular weight is 721 g/mol. The number of esters is 5. The van der Waals surface area contributed by atoms with Crippen molar-refractivity contribution in [1.29, 1.82) is 0 Å². The summed E-state index contributed by atoms with van der Waals surface area (Å²) in [5.41, 5.74) is 3.47. The second-order valence-electron chi connectivity index (χ2n) is 11.5. The molecule has 11 nitrogen and oxygen atoms in total. The molecule has 4 aromatic carbocycles. The lowest BCUT2D eigenvalue weighted by Crippen LogP contribution is -2.11. The van der Waals surface area contributed by atoms with Crippen molar-refractivity contribution in [2.24, 2.45) is 0 Å². The van der Waals surface area contributed by atoms with Gasteiger partial charge < -0.3 is 28.4 Å². The SMILES string of the molecule is C=CC(=O)OCCCCOC(=O)c1ccc(-c2ccc(OC(=O)c3ccc(OC(=O)c4ccc(OCCCCOC(=O)C=C)c(C)c4)cc3)cc2)cc1. The molecule has 11 heteroatoms. The van der Waals surface area contributed by atoms with Crippen molar-refractivity contribution in [2.45, 2.75) is 32.6 Å². The summed E-state index contributed by atoms with van der Waals surface area (Å²) in [6.07, 6.45) is 4.68. The van der Waals surface area contributed by atoms with Crippen molar-refractivity contribution in [1.82, 2.24) is 0 Å². The smallest absolute Gasteiger partial charge is 0.343 e. The van der Waals surface area contributed by atoms with Gasteiger partial charge in [-0.1, -0.05) is 37.4 Å². The number of carbonyl (C=O) groups excluding carboxylic acids is 5. The second-order valence-corrected chi connectivity index (χ2v) is 11.5. The van der Waals surface area contributed by atoms with Gasteiger partial charge in [-0.2, -0.15) is 0 Å². The highest BCUT2D eigenvalue weighted by molar-refractivity contribution is 5.93. The Bertz CT molecular complexity index is 1890. The van der Waals surface area contributed by atoms with Crippen LogP contribution in [-0.4, -0.2) is 56.3 Å². The summed E-state index contributed by atoms with van der Waals surface area (Å²) in [7, 11) is 0. The van der Waals surface area contributed by atoms with Gasteiger partial charge in [-0.05, 0) is 116 Å². The third-order valence-corrected chi connectivity index (χ3v) is 7.62. The van der Waals surface area contributed by atoms with Crippen LogP contribution in [0.25, 0.3) is 11.1 Å². The van der Waals surface area contributed by atoms with E-state index >= 15 is 0 Å². The molecule has 0 aliphatic rings. The molecule has 0 atom stereocenters. The molecule has 0 radical (unpaired) electrons. The number of carbonyl (C=O) groups is 5. The molecule has 0 fully saturated rings. The van der Waals surface area contributed by atoms with Gasteiger partial charge >= 0.3 is 29.8 Å². The van der Waals surface area contributed by atoms with Gasteiger partial charge in [0.25, 0.3) is 0 Å². The number of aryl methyl sites for hydroxylation is 1. The molecular weight excluding hydrogens is 680 g/mol. The standard InChI is InChI=1S/C42H40O11/c1-4-38(43)49-25-7-6-24-48-37-23-18-34(28-29(37)3)42(47)53-36-21-16-33(17-22-36)41(46)52-35-19-14-31(15-20-35)30-10-12-32(13-11-30)40(45)51-27-9-8-26-50-39(44)5-2/h4-5,10-23,28H,1-2,6-9,24-27H2,3H3. The van der Waals surface area contributed by atoms with Crippen molar-refractivity contribution >= 4 is 29.8 Å². The minimum atomic E-state index is -0.583. The Morgan fingerprint density at radius 1 is 0.509 bits per heavy atom. The summed E-state index contributed by atoms with van der Waals surface area (Å²) < 4.78 is 31.9. The van der Waals surface area contributed by atoms with Crippen molar-refractivity contribution in [3.8, 4) is 28.4 Å². The third-order valence-electron chi connectivity index (χ3n) is 7.62. The zero-order valence-electron chi connectivity index (χ0n) is 29.4. The van der Waals surface area contributed by atoms with Gasteiger partial charge in [0.15, 0.2) is 0 Å². The number of unbranched alkanes of at least 4 members (excludes halogenated alkanes) is 2. The normalized spacial score (nSPS) is 10.4. The minimum Gasteiger partial charge on any atom is -0.493 e. The Morgan fingerprint density at radius 3 is 1.45 bits per heavy atom. The maximum absolute atomic E-state index is 12.8. The van der Waals surface area contributed by atoms with Crippen LogP contribution >= 0.6 is 0 Å². The molecule has 53 heavy (non-hydrogen) atoms. The molecule has 0 N–H and O–H groups in total. The Balaban J connectivity index is 1.20. The van der Waals surface area contributed by atoms with Gasteiger partial charge in [-0.3, -0.25) is 0 Å². The Kier molecular flexibility index (Phi) is 15.1. The second kappa shape index (κ2) is 20.4. The van der Waals surface area contributed by atoms with E-state index < -0.39 is 29.8 Å². The van der Waals surface area contributed by atoms with E-state index in [9.17, 15) is 24.0 Å². The van der Waals surface area contributed by atoms with Crippen LogP contribution in [-0.2, 0) is 23.8 Å². The summed E-state index contributed by atoms with van der Waals surface area (Å²) in [5, 5.41) is 0. The monoisotopic (exact) mass is 720 g/mol. The summed E-state index contributed by atoms with van der Waals surface area (Å²) in [6, 6.07) is 24.9. The Morgan fingerprint density at radius 2 is 0.925 bits per heavy atom. The van der Waals surface area contributed by atoms with Crippen LogP contribution in [0.5, 0.6) is 17.2 Å². The van der Waals surface area contributed by atoms with Crippen LogP contribution in [0.1, 0.15) is 62.3 Å². The summed E-state index contributed by atoms with van der Waals surface area (Å²) in [5.74, 6) is -1.31. The van der Waals surface area contributed by atoms with E-state index in [1.54, 1.807) is 66.7 Å². The number of benzene rings is 4. The highest BCUT2D eigenvalue weighted by Crippen LogP contribution is 2.25. The van der Waals surface area contributed by atoms with Crippen LogP contribution in [0.2, 0.25) is 0 Å². The third kappa shape index (κ3) is 12.7. The Labute approximate surface area is 307 Å². The fourth-order valence-corrected chi connectivity index (χ4v) is 4.75. The van der Waals surface area contributed by atoms with E-state index in [1.807, 2.05) is 6.92 Å². The maximum atomic E-state index is 12.8. The summed E-state index contributed by atoms with van der Waals surface area (Å²) in [4.78, 5) is 60.0. The molecule has 0 amide bonds. The van der Waals surface area contributed by atoms with Crippen molar-refractivity contribution < 1.29 is 52.4 Å². The first-order valence-electron chi connectivity index (χ1n) is 16.9. The molecule has 0 unspecified atom stereocenters. The highest BCUT2D eigenvalue weighted by Gasteiger charge is 2.14. The number of ether oxygens (including phenoxy) is 6. The van der Waals surface area contributed by atoms with Gasteiger partial charge in [-0.15, -0.1) is 0 Å². The first-order chi connectivity index (χ1) is 25.7. The lowest BCUT2D eigenvalue weighted by Gasteiger charge is -2.11. The van der Waals surface area contributed by atoms with Crippen LogP contribution in [0.3, 0.4) is 0 Å². The molecule has 0 saturated carbocycles. The largest absolute Gasteiger partial charge is 0.493 e. The van der Waals surface area contributed by atoms with E-state index in [0.717, 1.165) is 28.8 Å². The molecule has 0 aliphatic carbocycles. The van der Waals surface area contributed by atoms with Crippen LogP contribution in [0.15, 0.2) is 116 Å².